The van der Waals surface area contributed by atoms with Crippen LogP contribution in [0.5, 0.6) is 0 Å². The molecule has 3 aromatic rings. The fourth-order valence-electron chi connectivity index (χ4n) is 2.43. The number of carbonyl (C=O) groups is 1. The van der Waals surface area contributed by atoms with Gasteiger partial charge in [-0.1, -0.05) is 35.8 Å². The van der Waals surface area contributed by atoms with Gasteiger partial charge in [0, 0.05) is 19.3 Å². The molecule has 0 amide bonds. The zero-order chi connectivity index (χ0) is 14.8. The standard InChI is InChI=1S/C16H15ClN2OS/c1-18-12-6-2-3-7-13(12)19(16(20)10-11-17)14-8-4-5-9-15(14)21-18/h2-9H,10-11H2,1H3. The molecule has 0 aliphatic rings. The van der Waals surface area contributed by atoms with Crippen LogP contribution in [0.25, 0.3) is 21.3 Å². The van der Waals surface area contributed by atoms with Crippen LogP contribution in [0.1, 0.15) is 11.2 Å². The molecule has 0 saturated carbocycles. The molecule has 21 heavy (non-hydrogen) atoms. The molecule has 0 unspecified atom stereocenters. The van der Waals surface area contributed by atoms with Crippen molar-refractivity contribution < 1.29 is 4.79 Å². The van der Waals surface area contributed by atoms with E-state index in [0.717, 1.165) is 21.3 Å². The lowest BCUT2D eigenvalue weighted by Gasteiger charge is -2.08. The maximum absolute atomic E-state index is 12.6. The van der Waals surface area contributed by atoms with Crippen molar-refractivity contribution in [1.29, 1.82) is 0 Å². The van der Waals surface area contributed by atoms with Gasteiger partial charge in [0.25, 0.3) is 0 Å². The number of halogens is 1. The minimum absolute atomic E-state index is 0.0146. The van der Waals surface area contributed by atoms with Crippen LogP contribution in [-0.2, 0) is 7.05 Å². The van der Waals surface area contributed by atoms with Gasteiger partial charge in [0.1, 0.15) is 0 Å². The van der Waals surface area contributed by atoms with Crippen molar-refractivity contribution >= 4 is 50.3 Å². The van der Waals surface area contributed by atoms with Gasteiger partial charge < -0.3 is 0 Å². The smallest absolute Gasteiger partial charge is 0.232 e. The molecule has 1 heterocycles. The van der Waals surface area contributed by atoms with Gasteiger partial charge in [-0.25, -0.2) is 0 Å². The van der Waals surface area contributed by atoms with E-state index in [1.165, 1.54) is 0 Å². The highest BCUT2D eigenvalue weighted by Gasteiger charge is 2.11. The summed E-state index contributed by atoms with van der Waals surface area (Å²) in [5.74, 6) is 0.337. The minimum atomic E-state index is 0.0146. The highest BCUT2D eigenvalue weighted by Crippen LogP contribution is 2.24. The predicted molar refractivity (Wildman–Crippen MR) is 89.9 cm³/mol. The second-order valence-electron chi connectivity index (χ2n) is 4.71. The van der Waals surface area contributed by atoms with Gasteiger partial charge in [0.05, 0.1) is 21.3 Å². The number of hydrogen-bond acceptors (Lipinski definition) is 2. The summed E-state index contributed by atoms with van der Waals surface area (Å²) >= 11 is 7.40. The number of carbonyl (C=O) groups excluding carboxylic acids is 1. The first-order valence-electron chi connectivity index (χ1n) is 6.71. The first-order valence-corrected chi connectivity index (χ1v) is 8.02. The van der Waals surface area contributed by atoms with Crippen molar-refractivity contribution in [3.8, 4) is 0 Å². The first-order chi connectivity index (χ1) is 10.2. The van der Waals surface area contributed by atoms with Crippen molar-refractivity contribution in [3.05, 3.63) is 48.5 Å². The molecule has 0 N–H and O–H groups in total. The zero-order valence-electron chi connectivity index (χ0n) is 11.6. The van der Waals surface area contributed by atoms with Crippen LogP contribution in [0, 0.1) is 0 Å². The molecule has 0 saturated heterocycles. The Bertz CT molecular complexity index is 858. The highest BCUT2D eigenvalue weighted by molar-refractivity contribution is 7.13. The Morgan fingerprint density at radius 2 is 1.67 bits per heavy atom. The van der Waals surface area contributed by atoms with Gasteiger partial charge in [-0.3, -0.25) is 13.3 Å². The van der Waals surface area contributed by atoms with Crippen LogP contribution >= 0.6 is 23.1 Å². The van der Waals surface area contributed by atoms with Gasteiger partial charge in [-0.15, -0.1) is 11.6 Å². The van der Waals surface area contributed by atoms with Gasteiger partial charge in [0.15, 0.2) is 0 Å². The Labute approximate surface area is 131 Å². The van der Waals surface area contributed by atoms with Gasteiger partial charge in [-0.2, -0.15) is 0 Å². The number of alkyl halides is 1. The second kappa shape index (κ2) is 5.92. The van der Waals surface area contributed by atoms with E-state index in [0.29, 0.717) is 12.3 Å². The zero-order valence-corrected chi connectivity index (χ0v) is 13.2. The molecule has 2 aromatic carbocycles. The molecule has 0 bridgehead atoms. The molecule has 0 spiro atoms. The summed E-state index contributed by atoms with van der Waals surface area (Å²) in [5, 5.41) is 0. The summed E-state index contributed by atoms with van der Waals surface area (Å²) < 4.78 is 4.92. The molecule has 0 aliphatic carbocycles. The van der Waals surface area contributed by atoms with Crippen molar-refractivity contribution in [1.82, 2.24) is 8.52 Å². The number of rotatable bonds is 2. The highest BCUT2D eigenvalue weighted by atomic mass is 35.5. The SMILES string of the molecule is Cn1sc2ccccc2n(C(=O)CCCl)c2ccccc21. The third-order valence-corrected chi connectivity index (χ3v) is 4.56. The maximum Gasteiger partial charge on any atom is 0.232 e. The van der Waals surface area contributed by atoms with E-state index in [1.54, 1.807) is 16.1 Å². The summed E-state index contributed by atoms with van der Waals surface area (Å²) in [6, 6.07) is 15.9. The summed E-state index contributed by atoms with van der Waals surface area (Å²) in [4.78, 5) is 12.6. The minimum Gasteiger partial charge on any atom is -0.298 e. The number of aromatic nitrogens is 2. The molecular weight excluding hydrogens is 304 g/mol. The van der Waals surface area contributed by atoms with Crippen LogP contribution in [0.4, 0.5) is 0 Å². The third kappa shape index (κ3) is 2.57. The van der Waals surface area contributed by atoms with Crippen molar-refractivity contribution in [2.45, 2.75) is 6.42 Å². The Morgan fingerprint density at radius 3 is 2.38 bits per heavy atom. The molecule has 5 heteroatoms. The first kappa shape index (κ1) is 14.2. The molecule has 3 nitrogen and oxygen atoms in total. The lowest BCUT2D eigenvalue weighted by Crippen LogP contribution is -2.12. The number of hydrogen-bond donors (Lipinski definition) is 0. The Kier molecular flexibility index (Phi) is 3.99. The van der Waals surface area contributed by atoms with E-state index >= 15 is 0 Å². The summed E-state index contributed by atoms with van der Waals surface area (Å²) in [6.45, 7) is 0. The van der Waals surface area contributed by atoms with Crippen LogP contribution < -0.4 is 0 Å². The van der Waals surface area contributed by atoms with E-state index in [-0.39, 0.29) is 5.91 Å². The van der Waals surface area contributed by atoms with Gasteiger partial charge in [-0.05, 0) is 24.3 Å². The van der Waals surface area contributed by atoms with Crippen molar-refractivity contribution in [3.63, 3.8) is 0 Å². The molecular formula is C16H15ClN2OS. The van der Waals surface area contributed by atoms with E-state index < -0.39 is 0 Å². The van der Waals surface area contributed by atoms with E-state index in [1.807, 2.05) is 55.6 Å². The van der Waals surface area contributed by atoms with Crippen molar-refractivity contribution in [2.24, 2.45) is 7.05 Å². The van der Waals surface area contributed by atoms with Crippen LogP contribution in [0.3, 0.4) is 0 Å². The molecule has 1 aromatic heterocycles. The number of nitrogens with zero attached hydrogens (tertiary/aromatic N) is 2. The number of para-hydroxylation sites is 3. The van der Waals surface area contributed by atoms with Crippen LogP contribution in [-0.4, -0.2) is 20.3 Å². The van der Waals surface area contributed by atoms with E-state index in [2.05, 4.69) is 3.96 Å². The lowest BCUT2D eigenvalue weighted by atomic mass is 10.2. The molecule has 3 rings (SSSR count). The second-order valence-corrected chi connectivity index (χ2v) is 6.26. The largest absolute Gasteiger partial charge is 0.298 e. The molecule has 0 atom stereocenters. The van der Waals surface area contributed by atoms with Gasteiger partial charge in [0.2, 0.25) is 5.91 Å². The number of fused-ring (bicyclic) bond motifs is 2. The fraction of sp³-hybridized carbons (Fsp3) is 0.188. The topological polar surface area (TPSA) is 26.9 Å². The number of benzene rings is 2. The number of aryl methyl sites for hydroxylation is 1. The Balaban J connectivity index is 2.55. The average Bonchev–Trinajstić information content (AvgIpc) is 2.62. The quantitative estimate of drug-likeness (QED) is 0.635. The van der Waals surface area contributed by atoms with Crippen LogP contribution in [0.15, 0.2) is 48.5 Å². The molecule has 0 aliphatic heterocycles. The van der Waals surface area contributed by atoms with Crippen molar-refractivity contribution in [2.75, 3.05) is 5.88 Å². The third-order valence-electron chi connectivity index (χ3n) is 3.36. The molecule has 0 fully saturated rings. The average molecular weight is 319 g/mol. The molecule has 108 valence electrons. The van der Waals surface area contributed by atoms with Crippen LogP contribution in [0.2, 0.25) is 0 Å². The monoisotopic (exact) mass is 318 g/mol. The maximum atomic E-state index is 12.6. The van der Waals surface area contributed by atoms with E-state index in [9.17, 15) is 4.79 Å². The fourth-order valence-corrected chi connectivity index (χ4v) is 3.53. The summed E-state index contributed by atoms with van der Waals surface area (Å²) in [7, 11) is 2.01. The Hall–Kier alpha value is -1.78. The lowest BCUT2D eigenvalue weighted by molar-refractivity contribution is 0.0920. The normalized spacial score (nSPS) is 11.0. The molecule has 0 radical (unpaired) electrons. The summed E-state index contributed by atoms with van der Waals surface area (Å²) in [6.07, 6.45) is 0.318. The summed E-state index contributed by atoms with van der Waals surface area (Å²) in [5.41, 5.74) is 2.82. The van der Waals surface area contributed by atoms with Gasteiger partial charge >= 0.3 is 0 Å². The van der Waals surface area contributed by atoms with E-state index in [4.69, 9.17) is 11.6 Å². The predicted octanol–water partition coefficient (Wildman–Crippen LogP) is 4.59. The Morgan fingerprint density at radius 1 is 1.05 bits per heavy atom.